The minimum Gasteiger partial charge on any atom is -0.505 e. The summed E-state index contributed by atoms with van der Waals surface area (Å²) in [6, 6.07) is 0. The van der Waals surface area contributed by atoms with Crippen molar-refractivity contribution in [2.24, 2.45) is 11.7 Å². The Kier molecular flexibility index (Phi) is 8.23. The zero-order chi connectivity index (χ0) is 14.9. The average Bonchev–Trinajstić information content (AvgIpc) is 2.30. The number of methoxy groups -OCH3 is 1. The zero-order valence-electron chi connectivity index (χ0n) is 12.8. The Morgan fingerprint density at radius 2 is 2.05 bits per heavy atom. The third-order valence-electron chi connectivity index (χ3n) is 2.52. The van der Waals surface area contributed by atoms with E-state index in [1.165, 1.54) is 0 Å². The summed E-state index contributed by atoms with van der Waals surface area (Å²) in [7, 11) is 1.61. The summed E-state index contributed by atoms with van der Waals surface area (Å²) in [5.74, 6) is 0.235. The SMILES string of the molecule is CCC(/C=C/OC)CN(CCN)C(=O)OC(C)(C)C. The van der Waals surface area contributed by atoms with Crippen molar-refractivity contribution in [3.63, 3.8) is 0 Å². The number of rotatable bonds is 7. The molecule has 19 heavy (non-hydrogen) atoms. The molecule has 0 bridgehead atoms. The topological polar surface area (TPSA) is 64.8 Å². The maximum atomic E-state index is 12.1. The molecular weight excluding hydrogens is 244 g/mol. The van der Waals surface area contributed by atoms with E-state index < -0.39 is 5.60 Å². The van der Waals surface area contributed by atoms with Crippen molar-refractivity contribution in [3.05, 3.63) is 12.3 Å². The number of ether oxygens (including phenoxy) is 2. The Bertz CT molecular complexity index is 285. The van der Waals surface area contributed by atoms with Gasteiger partial charge in [0.25, 0.3) is 0 Å². The molecule has 2 N–H and O–H groups in total. The van der Waals surface area contributed by atoms with Crippen LogP contribution in [0.2, 0.25) is 0 Å². The predicted molar refractivity (Wildman–Crippen MR) is 76.8 cm³/mol. The van der Waals surface area contributed by atoms with Crippen LogP contribution in [0.15, 0.2) is 12.3 Å². The highest BCUT2D eigenvalue weighted by molar-refractivity contribution is 5.68. The van der Waals surface area contributed by atoms with Gasteiger partial charge in [0.1, 0.15) is 5.60 Å². The third kappa shape index (κ3) is 8.48. The lowest BCUT2D eigenvalue weighted by atomic mass is 10.1. The molecule has 0 aliphatic rings. The molecule has 1 unspecified atom stereocenters. The molecule has 0 rings (SSSR count). The Labute approximate surface area is 116 Å². The third-order valence-corrected chi connectivity index (χ3v) is 2.52. The van der Waals surface area contributed by atoms with E-state index in [4.69, 9.17) is 15.2 Å². The van der Waals surface area contributed by atoms with Gasteiger partial charge in [0.05, 0.1) is 13.4 Å². The summed E-state index contributed by atoms with van der Waals surface area (Å²) in [5.41, 5.74) is 5.06. The number of hydrogen-bond donors (Lipinski definition) is 1. The van der Waals surface area contributed by atoms with Crippen LogP contribution >= 0.6 is 0 Å². The quantitative estimate of drug-likeness (QED) is 0.723. The largest absolute Gasteiger partial charge is 0.505 e. The van der Waals surface area contributed by atoms with Crippen LogP contribution in [-0.2, 0) is 9.47 Å². The Balaban J connectivity index is 4.61. The Morgan fingerprint density at radius 1 is 1.42 bits per heavy atom. The van der Waals surface area contributed by atoms with Gasteiger partial charge in [-0.15, -0.1) is 0 Å². The average molecular weight is 272 g/mol. The van der Waals surface area contributed by atoms with Gasteiger partial charge in [-0.25, -0.2) is 4.79 Å². The van der Waals surface area contributed by atoms with Gasteiger partial charge in [-0.1, -0.05) is 6.92 Å². The van der Waals surface area contributed by atoms with Gasteiger partial charge >= 0.3 is 6.09 Å². The lowest BCUT2D eigenvalue weighted by Gasteiger charge is -2.29. The van der Waals surface area contributed by atoms with Crippen LogP contribution < -0.4 is 5.73 Å². The van der Waals surface area contributed by atoms with E-state index >= 15 is 0 Å². The van der Waals surface area contributed by atoms with Gasteiger partial charge < -0.3 is 20.1 Å². The second-order valence-corrected chi connectivity index (χ2v) is 5.45. The lowest BCUT2D eigenvalue weighted by molar-refractivity contribution is 0.0236. The zero-order valence-corrected chi connectivity index (χ0v) is 12.8. The maximum absolute atomic E-state index is 12.1. The summed E-state index contributed by atoms with van der Waals surface area (Å²) in [6.45, 7) is 9.13. The fourth-order valence-corrected chi connectivity index (χ4v) is 1.54. The number of carbonyl (C=O) groups is 1. The second-order valence-electron chi connectivity index (χ2n) is 5.45. The van der Waals surface area contributed by atoms with Crippen LogP contribution in [0.1, 0.15) is 34.1 Å². The predicted octanol–water partition coefficient (Wildman–Crippen LogP) is 2.37. The molecular formula is C14H28N2O3. The van der Waals surface area contributed by atoms with Gasteiger partial charge in [-0.05, 0) is 39.2 Å². The number of carbonyl (C=O) groups excluding carboxylic acids is 1. The van der Waals surface area contributed by atoms with Crippen molar-refractivity contribution in [1.82, 2.24) is 4.90 Å². The summed E-state index contributed by atoms with van der Waals surface area (Å²) < 4.78 is 10.3. The molecule has 5 nitrogen and oxygen atoms in total. The normalized spacial score (nSPS) is 13.4. The van der Waals surface area contributed by atoms with Crippen molar-refractivity contribution < 1.29 is 14.3 Å². The van der Waals surface area contributed by atoms with Gasteiger partial charge in [0, 0.05) is 19.6 Å². The summed E-state index contributed by atoms with van der Waals surface area (Å²) in [6.07, 6.45) is 4.20. The van der Waals surface area contributed by atoms with Crippen molar-refractivity contribution in [1.29, 1.82) is 0 Å². The molecule has 0 spiro atoms. The number of amides is 1. The molecule has 0 saturated heterocycles. The van der Waals surface area contributed by atoms with Gasteiger partial charge in [0.15, 0.2) is 0 Å². The molecule has 0 fully saturated rings. The molecule has 112 valence electrons. The van der Waals surface area contributed by atoms with Crippen LogP contribution in [0.5, 0.6) is 0 Å². The molecule has 5 heteroatoms. The van der Waals surface area contributed by atoms with E-state index in [1.54, 1.807) is 18.3 Å². The fourth-order valence-electron chi connectivity index (χ4n) is 1.54. The van der Waals surface area contributed by atoms with E-state index in [9.17, 15) is 4.79 Å². The minimum absolute atomic E-state index is 0.235. The highest BCUT2D eigenvalue weighted by Gasteiger charge is 2.23. The first-order chi connectivity index (χ1) is 8.84. The van der Waals surface area contributed by atoms with Crippen LogP contribution in [0.25, 0.3) is 0 Å². The van der Waals surface area contributed by atoms with Crippen molar-refractivity contribution >= 4 is 6.09 Å². The van der Waals surface area contributed by atoms with E-state index in [2.05, 4.69) is 6.92 Å². The van der Waals surface area contributed by atoms with E-state index in [0.29, 0.717) is 19.6 Å². The monoisotopic (exact) mass is 272 g/mol. The molecule has 0 heterocycles. The minimum atomic E-state index is -0.492. The first kappa shape index (κ1) is 17.8. The molecule has 0 aromatic carbocycles. The van der Waals surface area contributed by atoms with Crippen LogP contribution in [0.3, 0.4) is 0 Å². The Hall–Kier alpha value is -1.23. The van der Waals surface area contributed by atoms with E-state index in [0.717, 1.165) is 6.42 Å². The molecule has 0 aromatic rings. The van der Waals surface area contributed by atoms with Crippen molar-refractivity contribution in [2.45, 2.75) is 39.7 Å². The maximum Gasteiger partial charge on any atom is 0.410 e. The molecule has 0 aliphatic carbocycles. The number of nitrogens with zero attached hydrogens (tertiary/aromatic N) is 1. The first-order valence-electron chi connectivity index (χ1n) is 6.71. The summed E-state index contributed by atoms with van der Waals surface area (Å²) in [4.78, 5) is 13.7. The molecule has 0 aliphatic heterocycles. The fraction of sp³-hybridized carbons (Fsp3) is 0.786. The first-order valence-corrected chi connectivity index (χ1v) is 6.71. The summed E-state index contributed by atoms with van der Waals surface area (Å²) >= 11 is 0. The smallest absolute Gasteiger partial charge is 0.410 e. The van der Waals surface area contributed by atoms with Gasteiger partial charge in [0.2, 0.25) is 0 Å². The molecule has 0 aromatic heterocycles. The molecule has 0 radical (unpaired) electrons. The number of nitrogens with two attached hydrogens (primary N) is 1. The van der Waals surface area contributed by atoms with Crippen LogP contribution in [0.4, 0.5) is 4.79 Å². The molecule has 0 saturated carbocycles. The molecule has 1 atom stereocenters. The van der Waals surface area contributed by atoms with Crippen molar-refractivity contribution in [2.75, 3.05) is 26.7 Å². The van der Waals surface area contributed by atoms with Crippen molar-refractivity contribution in [3.8, 4) is 0 Å². The molecule has 1 amide bonds. The second kappa shape index (κ2) is 8.80. The highest BCUT2D eigenvalue weighted by atomic mass is 16.6. The van der Waals surface area contributed by atoms with Crippen LogP contribution in [0, 0.1) is 5.92 Å². The summed E-state index contributed by atoms with van der Waals surface area (Å²) in [5, 5.41) is 0. The standard InChI is InChI=1S/C14H28N2O3/c1-6-12(7-10-18-5)11-16(9-8-15)13(17)19-14(2,3)4/h7,10,12H,6,8-9,11,15H2,1-5H3/b10-7+. The van der Waals surface area contributed by atoms with E-state index in [-0.39, 0.29) is 12.0 Å². The number of hydrogen-bond acceptors (Lipinski definition) is 4. The van der Waals surface area contributed by atoms with E-state index in [1.807, 2.05) is 26.8 Å². The lowest BCUT2D eigenvalue weighted by Crippen LogP contribution is -2.41. The van der Waals surface area contributed by atoms with Crippen LogP contribution in [-0.4, -0.2) is 43.3 Å². The highest BCUT2D eigenvalue weighted by Crippen LogP contribution is 2.13. The Morgan fingerprint density at radius 3 is 2.47 bits per heavy atom. The van der Waals surface area contributed by atoms with Gasteiger partial charge in [-0.3, -0.25) is 0 Å². The van der Waals surface area contributed by atoms with Gasteiger partial charge in [-0.2, -0.15) is 0 Å².